The standard InChI is InChI=1S/C21H17N5OS/c27-20(15-5-3-6-16(13-15)26-10-4-9-22-26)23-18-8-2-1-7-17(18)19-14-25-11-12-28-21(25)24-19/h1-10,13-14H,11-12H2,(H,23,27). The SMILES string of the molecule is O=C(Nc1ccccc1-c1cn2c(n1)SCC2)c1cccc(-n2cccn2)c1. The fourth-order valence-corrected chi connectivity index (χ4v) is 4.20. The summed E-state index contributed by atoms with van der Waals surface area (Å²) in [6.07, 6.45) is 5.62. The van der Waals surface area contributed by atoms with Crippen LogP contribution >= 0.6 is 11.8 Å². The molecule has 0 aliphatic carbocycles. The lowest BCUT2D eigenvalue weighted by Gasteiger charge is -2.10. The molecule has 0 saturated heterocycles. The van der Waals surface area contributed by atoms with Crippen LogP contribution in [0.25, 0.3) is 16.9 Å². The number of imidazole rings is 1. The number of hydrogen-bond acceptors (Lipinski definition) is 4. The second-order valence-corrected chi connectivity index (χ2v) is 7.51. The van der Waals surface area contributed by atoms with E-state index < -0.39 is 0 Å². The van der Waals surface area contributed by atoms with Crippen LogP contribution in [0.4, 0.5) is 5.69 Å². The number of rotatable bonds is 4. The Bertz CT molecular complexity index is 1130. The first kappa shape index (κ1) is 16.8. The molecular weight excluding hydrogens is 370 g/mol. The van der Waals surface area contributed by atoms with Gasteiger partial charge in [-0.05, 0) is 30.3 Å². The van der Waals surface area contributed by atoms with E-state index in [1.807, 2.05) is 54.7 Å². The average molecular weight is 387 g/mol. The highest BCUT2D eigenvalue weighted by Gasteiger charge is 2.18. The van der Waals surface area contributed by atoms with Gasteiger partial charge in [0.15, 0.2) is 5.16 Å². The number of carbonyl (C=O) groups is 1. The van der Waals surface area contributed by atoms with Crippen molar-refractivity contribution in [2.24, 2.45) is 0 Å². The number of amides is 1. The number of aryl methyl sites for hydroxylation is 1. The van der Waals surface area contributed by atoms with Crippen molar-refractivity contribution in [3.05, 3.63) is 78.8 Å². The number of fused-ring (bicyclic) bond motifs is 1. The molecule has 5 rings (SSSR count). The zero-order chi connectivity index (χ0) is 18.9. The van der Waals surface area contributed by atoms with E-state index in [2.05, 4.69) is 21.2 Å². The summed E-state index contributed by atoms with van der Waals surface area (Å²) in [6.45, 7) is 0.974. The number of thioether (sulfide) groups is 1. The Hall–Kier alpha value is -3.32. The summed E-state index contributed by atoms with van der Waals surface area (Å²) in [5.74, 6) is 0.899. The first-order valence-electron chi connectivity index (χ1n) is 8.99. The van der Waals surface area contributed by atoms with Gasteiger partial charge in [-0.15, -0.1) is 0 Å². The highest BCUT2D eigenvalue weighted by atomic mass is 32.2. The molecule has 1 N–H and O–H groups in total. The second-order valence-electron chi connectivity index (χ2n) is 6.45. The summed E-state index contributed by atoms with van der Waals surface area (Å²) < 4.78 is 3.89. The van der Waals surface area contributed by atoms with Gasteiger partial charge >= 0.3 is 0 Å². The van der Waals surface area contributed by atoms with Gasteiger partial charge in [0.2, 0.25) is 0 Å². The molecular formula is C21H17N5OS. The molecule has 1 amide bonds. The number of para-hydroxylation sites is 1. The van der Waals surface area contributed by atoms with Gasteiger partial charge in [-0.2, -0.15) is 5.10 Å². The summed E-state index contributed by atoms with van der Waals surface area (Å²) in [5.41, 5.74) is 3.96. The largest absolute Gasteiger partial charge is 0.325 e. The number of benzene rings is 2. The van der Waals surface area contributed by atoms with Crippen LogP contribution in [0.1, 0.15) is 10.4 Å². The van der Waals surface area contributed by atoms with Crippen LogP contribution in [-0.2, 0) is 6.54 Å². The third-order valence-corrected chi connectivity index (χ3v) is 5.60. The molecule has 3 heterocycles. The number of nitrogens with one attached hydrogen (secondary N) is 1. The second kappa shape index (κ2) is 7.01. The van der Waals surface area contributed by atoms with E-state index in [0.717, 1.165) is 40.1 Å². The van der Waals surface area contributed by atoms with Crippen molar-refractivity contribution >= 4 is 23.4 Å². The fourth-order valence-electron chi connectivity index (χ4n) is 3.26. The van der Waals surface area contributed by atoms with Crippen LogP contribution in [0.2, 0.25) is 0 Å². The Morgan fingerprint density at radius 2 is 2.04 bits per heavy atom. The molecule has 7 heteroatoms. The zero-order valence-electron chi connectivity index (χ0n) is 14.9. The molecule has 0 bridgehead atoms. The molecule has 0 atom stereocenters. The molecule has 1 aliphatic rings. The summed E-state index contributed by atoms with van der Waals surface area (Å²) >= 11 is 1.76. The van der Waals surface area contributed by atoms with Crippen LogP contribution in [-0.4, -0.2) is 31.0 Å². The third kappa shape index (κ3) is 3.10. The van der Waals surface area contributed by atoms with Crippen molar-refractivity contribution in [1.82, 2.24) is 19.3 Å². The Kier molecular flexibility index (Phi) is 4.21. The van der Waals surface area contributed by atoms with Crippen molar-refractivity contribution in [2.45, 2.75) is 11.7 Å². The lowest BCUT2D eigenvalue weighted by molar-refractivity contribution is 0.102. The third-order valence-electron chi connectivity index (χ3n) is 4.63. The lowest BCUT2D eigenvalue weighted by atomic mass is 10.1. The summed E-state index contributed by atoms with van der Waals surface area (Å²) in [5, 5.41) is 8.29. The van der Waals surface area contributed by atoms with Crippen molar-refractivity contribution in [3.8, 4) is 16.9 Å². The molecule has 1 aliphatic heterocycles. The van der Waals surface area contributed by atoms with Gasteiger partial charge in [0.25, 0.3) is 5.91 Å². The normalized spacial score (nSPS) is 12.7. The monoisotopic (exact) mass is 387 g/mol. The van der Waals surface area contributed by atoms with Gasteiger partial charge in [-0.25, -0.2) is 9.67 Å². The summed E-state index contributed by atoms with van der Waals surface area (Å²) in [7, 11) is 0. The van der Waals surface area contributed by atoms with Crippen LogP contribution in [0.3, 0.4) is 0 Å². The van der Waals surface area contributed by atoms with E-state index >= 15 is 0 Å². The van der Waals surface area contributed by atoms with Gasteiger partial charge in [-0.1, -0.05) is 36.0 Å². The first-order chi connectivity index (χ1) is 13.8. The van der Waals surface area contributed by atoms with E-state index in [-0.39, 0.29) is 5.91 Å². The van der Waals surface area contributed by atoms with E-state index in [1.54, 1.807) is 28.7 Å². The maximum Gasteiger partial charge on any atom is 0.255 e. The molecule has 0 fully saturated rings. The van der Waals surface area contributed by atoms with Crippen LogP contribution in [0.15, 0.2) is 78.3 Å². The number of nitrogens with zero attached hydrogens (tertiary/aromatic N) is 4. The molecule has 28 heavy (non-hydrogen) atoms. The highest BCUT2D eigenvalue weighted by Crippen LogP contribution is 2.32. The molecule has 0 radical (unpaired) electrons. The molecule has 0 spiro atoms. The Balaban J connectivity index is 1.44. The van der Waals surface area contributed by atoms with Crippen molar-refractivity contribution in [1.29, 1.82) is 0 Å². The van der Waals surface area contributed by atoms with E-state index in [9.17, 15) is 4.79 Å². The predicted molar refractivity (Wildman–Crippen MR) is 110 cm³/mol. The minimum atomic E-state index is -0.164. The Morgan fingerprint density at radius 1 is 1.11 bits per heavy atom. The van der Waals surface area contributed by atoms with Crippen LogP contribution < -0.4 is 5.32 Å². The van der Waals surface area contributed by atoms with Gasteiger partial charge in [0.05, 0.1) is 17.1 Å². The molecule has 4 aromatic rings. The zero-order valence-corrected chi connectivity index (χ0v) is 15.8. The molecule has 6 nitrogen and oxygen atoms in total. The maximum absolute atomic E-state index is 12.9. The van der Waals surface area contributed by atoms with Crippen molar-refractivity contribution < 1.29 is 4.79 Å². The molecule has 2 aromatic carbocycles. The Morgan fingerprint density at radius 3 is 2.89 bits per heavy atom. The van der Waals surface area contributed by atoms with Crippen LogP contribution in [0, 0.1) is 0 Å². The Labute approximate surface area is 166 Å². The molecule has 138 valence electrons. The van der Waals surface area contributed by atoms with Gasteiger partial charge in [-0.3, -0.25) is 4.79 Å². The van der Waals surface area contributed by atoms with E-state index in [0.29, 0.717) is 5.56 Å². The van der Waals surface area contributed by atoms with Gasteiger partial charge in [0, 0.05) is 42.0 Å². The maximum atomic E-state index is 12.9. The fraction of sp³-hybridized carbons (Fsp3) is 0.0952. The molecule has 2 aromatic heterocycles. The molecule has 0 saturated carbocycles. The van der Waals surface area contributed by atoms with Crippen LogP contribution in [0.5, 0.6) is 0 Å². The minimum absolute atomic E-state index is 0.164. The van der Waals surface area contributed by atoms with Crippen molar-refractivity contribution in [2.75, 3.05) is 11.1 Å². The average Bonchev–Trinajstić information content (AvgIpc) is 3.46. The van der Waals surface area contributed by atoms with Gasteiger partial charge in [0.1, 0.15) is 0 Å². The van der Waals surface area contributed by atoms with Crippen molar-refractivity contribution in [3.63, 3.8) is 0 Å². The van der Waals surface area contributed by atoms with E-state index in [1.165, 1.54) is 0 Å². The number of carbonyl (C=O) groups excluding carboxylic acids is 1. The summed E-state index contributed by atoms with van der Waals surface area (Å²) in [6, 6.07) is 17.0. The number of anilines is 1. The quantitative estimate of drug-likeness (QED) is 0.573. The highest BCUT2D eigenvalue weighted by molar-refractivity contribution is 7.99. The first-order valence-corrected chi connectivity index (χ1v) is 9.97. The topological polar surface area (TPSA) is 64.7 Å². The minimum Gasteiger partial charge on any atom is -0.325 e. The molecule has 0 unspecified atom stereocenters. The smallest absolute Gasteiger partial charge is 0.255 e. The number of aromatic nitrogens is 4. The van der Waals surface area contributed by atoms with Gasteiger partial charge < -0.3 is 9.88 Å². The predicted octanol–water partition coefficient (Wildman–Crippen LogP) is 4.09. The summed E-state index contributed by atoms with van der Waals surface area (Å²) in [4.78, 5) is 17.6. The van der Waals surface area contributed by atoms with E-state index in [4.69, 9.17) is 4.98 Å². The number of hydrogen-bond donors (Lipinski definition) is 1. The lowest BCUT2D eigenvalue weighted by Crippen LogP contribution is -2.13.